The van der Waals surface area contributed by atoms with E-state index in [0.717, 1.165) is 23.9 Å². The SMILES string of the molecule is CCN(C(C)=O)c1nc(CN2CCC[C@H]2c2ccccc2C)cs1. The van der Waals surface area contributed by atoms with E-state index in [-0.39, 0.29) is 5.91 Å². The summed E-state index contributed by atoms with van der Waals surface area (Å²) in [4.78, 5) is 20.6. The van der Waals surface area contributed by atoms with Crippen LogP contribution in [-0.4, -0.2) is 28.9 Å². The van der Waals surface area contributed by atoms with Crippen LogP contribution in [0.25, 0.3) is 0 Å². The summed E-state index contributed by atoms with van der Waals surface area (Å²) in [5.41, 5.74) is 3.86. The van der Waals surface area contributed by atoms with E-state index in [1.165, 1.54) is 24.0 Å². The summed E-state index contributed by atoms with van der Waals surface area (Å²) in [6, 6.07) is 9.15. The lowest BCUT2D eigenvalue weighted by molar-refractivity contribution is -0.116. The molecule has 5 heteroatoms. The second-order valence-electron chi connectivity index (χ2n) is 6.37. The van der Waals surface area contributed by atoms with E-state index in [0.29, 0.717) is 12.6 Å². The van der Waals surface area contributed by atoms with E-state index >= 15 is 0 Å². The monoisotopic (exact) mass is 343 g/mol. The lowest BCUT2D eigenvalue weighted by Crippen LogP contribution is -2.28. The number of aryl methyl sites for hydroxylation is 1. The van der Waals surface area contributed by atoms with Crippen molar-refractivity contribution in [3.63, 3.8) is 0 Å². The number of thiazole rings is 1. The van der Waals surface area contributed by atoms with Crippen LogP contribution >= 0.6 is 11.3 Å². The zero-order valence-electron chi connectivity index (χ0n) is 14.7. The lowest BCUT2D eigenvalue weighted by atomic mass is 9.99. The Bertz CT molecular complexity index is 712. The normalized spacial score (nSPS) is 18.0. The minimum atomic E-state index is 0.0531. The summed E-state index contributed by atoms with van der Waals surface area (Å²) >= 11 is 1.56. The topological polar surface area (TPSA) is 36.4 Å². The summed E-state index contributed by atoms with van der Waals surface area (Å²) in [5, 5.41) is 2.90. The van der Waals surface area contributed by atoms with E-state index in [9.17, 15) is 4.79 Å². The van der Waals surface area contributed by atoms with Crippen LogP contribution in [0.3, 0.4) is 0 Å². The zero-order chi connectivity index (χ0) is 17.1. The number of carbonyl (C=O) groups is 1. The number of rotatable bonds is 5. The maximum atomic E-state index is 11.7. The van der Waals surface area contributed by atoms with Gasteiger partial charge >= 0.3 is 0 Å². The van der Waals surface area contributed by atoms with Crippen molar-refractivity contribution < 1.29 is 4.79 Å². The van der Waals surface area contributed by atoms with Crippen molar-refractivity contribution in [3.05, 3.63) is 46.5 Å². The number of hydrogen-bond donors (Lipinski definition) is 0. The molecule has 0 bridgehead atoms. The molecule has 1 atom stereocenters. The van der Waals surface area contributed by atoms with Gasteiger partial charge in [0.15, 0.2) is 5.13 Å². The molecule has 1 amide bonds. The second-order valence-corrected chi connectivity index (χ2v) is 7.21. The van der Waals surface area contributed by atoms with Gasteiger partial charge in [0.2, 0.25) is 5.91 Å². The summed E-state index contributed by atoms with van der Waals surface area (Å²) in [7, 11) is 0. The maximum absolute atomic E-state index is 11.7. The van der Waals surface area contributed by atoms with Gasteiger partial charge in [-0.05, 0) is 44.4 Å². The predicted molar refractivity (Wildman–Crippen MR) is 99.4 cm³/mol. The van der Waals surface area contributed by atoms with Crippen LogP contribution in [0.2, 0.25) is 0 Å². The Morgan fingerprint density at radius 3 is 2.92 bits per heavy atom. The fourth-order valence-electron chi connectivity index (χ4n) is 3.52. The maximum Gasteiger partial charge on any atom is 0.225 e. The molecule has 0 spiro atoms. The molecule has 24 heavy (non-hydrogen) atoms. The first-order chi connectivity index (χ1) is 11.6. The fourth-order valence-corrected chi connectivity index (χ4v) is 4.45. The highest BCUT2D eigenvalue weighted by Gasteiger charge is 2.27. The van der Waals surface area contributed by atoms with Crippen LogP contribution in [0, 0.1) is 6.92 Å². The second kappa shape index (κ2) is 7.45. The van der Waals surface area contributed by atoms with E-state index in [1.54, 1.807) is 23.2 Å². The van der Waals surface area contributed by atoms with Gasteiger partial charge in [0.25, 0.3) is 0 Å². The number of benzene rings is 1. The van der Waals surface area contributed by atoms with Crippen LogP contribution in [0.1, 0.15) is 49.6 Å². The summed E-state index contributed by atoms with van der Waals surface area (Å²) in [6.45, 7) is 8.40. The van der Waals surface area contributed by atoms with E-state index in [2.05, 4.69) is 41.5 Å². The minimum Gasteiger partial charge on any atom is -0.290 e. The molecular weight excluding hydrogens is 318 g/mol. The van der Waals surface area contributed by atoms with Gasteiger partial charge in [0.1, 0.15) is 0 Å². The summed E-state index contributed by atoms with van der Waals surface area (Å²) in [5.74, 6) is 0.0531. The first-order valence-electron chi connectivity index (χ1n) is 8.62. The highest BCUT2D eigenvalue weighted by molar-refractivity contribution is 7.14. The Hall–Kier alpha value is -1.72. The summed E-state index contributed by atoms with van der Waals surface area (Å²) in [6.07, 6.45) is 2.43. The molecule has 1 aromatic heterocycles. The fraction of sp³-hybridized carbons (Fsp3) is 0.474. The van der Waals surface area contributed by atoms with Crippen LogP contribution in [0.5, 0.6) is 0 Å². The molecule has 1 aliphatic heterocycles. The first kappa shape index (κ1) is 17.1. The molecular formula is C19H25N3OS. The molecule has 0 unspecified atom stereocenters. The number of nitrogens with zero attached hydrogens (tertiary/aromatic N) is 3. The molecule has 3 rings (SSSR count). The largest absolute Gasteiger partial charge is 0.290 e. The average molecular weight is 343 g/mol. The van der Waals surface area contributed by atoms with Crippen LogP contribution in [0.4, 0.5) is 5.13 Å². The number of hydrogen-bond acceptors (Lipinski definition) is 4. The van der Waals surface area contributed by atoms with Gasteiger partial charge in [-0.1, -0.05) is 24.3 Å². The van der Waals surface area contributed by atoms with Gasteiger partial charge in [-0.25, -0.2) is 4.98 Å². The molecule has 2 aromatic rings. The zero-order valence-corrected chi connectivity index (χ0v) is 15.5. The van der Waals surface area contributed by atoms with E-state index in [1.807, 2.05) is 6.92 Å². The molecule has 2 heterocycles. The molecule has 0 saturated carbocycles. The molecule has 1 aromatic carbocycles. The van der Waals surface area contributed by atoms with Crippen molar-refractivity contribution >= 4 is 22.4 Å². The number of aromatic nitrogens is 1. The number of amides is 1. The van der Waals surface area contributed by atoms with Crippen molar-refractivity contribution in [1.29, 1.82) is 0 Å². The van der Waals surface area contributed by atoms with Crippen molar-refractivity contribution in [1.82, 2.24) is 9.88 Å². The molecule has 1 aliphatic rings. The molecule has 1 fully saturated rings. The van der Waals surface area contributed by atoms with Gasteiger partial charge in [0, 0.05) is 31.4 Å². The van der Waals surface area contributed by atoms with E-state index in [4.69, 9.17) is 4.98 Å². The van der Waals surface area contributed by atoms with Gasteiger partial charge < -0.3 is 0 Å². The average Bonchev–Trinajstić information content (AvgIpc) is 3.19. The Labute approximate surface area is 148 Å². The van der Waals surface area contributed by atoms with Crippen molar-refractivity contribution in [2.45, 2.75) is 46.2 Å². The van der Waals surface area contributed by atoms with Crippen LogP contribution in [-0.2, 0) is 11.3 Å². The number of anilines is 1. The highest BCUT2D eigenvalue weighted by atomic mass is 32.1. The molecule has 0 aliphatic carbocycles. The van der Waals surface area contributed by atoms with Gasteiger partial charge in [-0.3, -0.25) is 14.6 Å². The first-order valence-corrected chi connectivity index (χ1v) is 9.50. The van der Waals surface area contributed by atoms with Gasteiger partial charge in [0.05, 0.1) is 5.69 Å². The van der Waals surface area contributed by atoms with Crippen molar-refractivity contribution in [3.8, 4) is 0 Å². The molecule has 4 nitrogen and oxygen atoms in total. The quantitative estimate of drug-likeness (QED) is 0.818. The van der Waals surface area contributed by atoms with Crippen molar-refractivity contribution in [2.24, 2.45) is 0 Å². The van der Waals surface area contributed by atoms with Gasteiger partial charge in [-0.15, -0.1) is 11.3 Å². The number of carbonyl (C=O) groups excluding carboxylic acids is 1. The smallest absolute Gasteiger partial charge is 0.225 e. The molecule has 1 saturated heterocycles. The molecule has 0 radical (unpaired) electrons. The third-order valence-electron chi connectivity index (χ3n) is 4.74. The van der Waals surface area contributed by atoms with E-state index < -0.39 is 0 Å². The Balaban J connectivity index is 1.75. The Kier molecular flexibility index (Phi) is 5.31. The Morgan fingerprint density at radius 2 is 2.21 bits per heavy atom. The highest BCUT2D eigenvalue weighted by Crippen LogP contribution is 2.35. The third-order valence-corrected chi connectivity index (χ3v) is 5.66. The van der Waals surface area contributed by atoms with Crippen LogP contribution in [0.15, 0.2) is 29.6 Å². The predicted octanol–water partition coefficient (Wildman–Crippen LogP) is 4.16. The van der Waals surface area contributed by atoms with Crippen LogP contribution < -0.4 is 4.90 Å². The molecule has 0 N–H and O–H groups in total. The van der Waals surface area contributed by atoms with Crippen molar-refractivity contribution in [2.75, 3.05) is 18.0 Å². The summed E-state index contributed by atoms with van der Waals surface area (Å²) < 4.78 is 0. The lowest BCUT2D eigenvalue weighted by Gasteiger charge is -2.25. The molecule has 128 valence electrons. The van der Waals surface area contributed by atoms with Gasteiger partial charge in [-0.2, -0.15) is 0 Å². The minimum absolute atomic E-state index is 0.0531. The standard InChI is InChI=1S/C19H25N3OS/c1-4-22(15(3)23)19-20-16(13-24-19)12-21-11-7-10-18(21)17-9-6-5-8-14(17)2/h5-6,8-9,13,18H,4,7,10-12H2,1-3H3/t18-/m0/s1. The third kappa shape index (κ3) is 3.52. The Morgan fingerprint density at radius 1 is 1.42 bits per heavy atom. The number of likely N-dealkylation sites (tertiary alicyclic amines) is 1.